The van der Waals surface area contributed by atoms with Gasteiger partial charge in [0.15, 0.2) is 0 Å². The first-order valence-corrected chi connectivity index (χ1v) is 9.11. The summed E-state index contributed by atoms with van der Waals surface area (Å²) < 4.78 is 5.21. The normalized spacial score (nSPS) is 20.6. The Morgan fingerprint density at radius 3 is 2.80 bits per heavy atom. The second-order valence-electron chi connectivity index (χ2n) is 6.91. The highest BCUT2D eigenvalue weighted by Crippen LogP contribution is 2.27. The van der Waals surface area contributed by atoms with Crippen LogP contribution in [0.5, 0.6) is 0 Å². The summed E-state index contributed by atoms with van der Waals surface area (Å²) in [4.78, 5) is 14.9. The molecule has 2 atom stereocenters. The van der Waals surface area contributed by atoms with E-state index in [-0.39, 0.29) is 17.9 Å². The Balaban J connectivity index is 1.81. The van der Waals surface area contributed by atoms with Crippen LogP contribution in [-0.4, -0.2) is 42.3 Å². The van der Waals surface area contributed by atoms with Gasteiger partial charge in [0.05, 0.1) is 12.7 Å². The van der Waals surface area contributed by atoms with Crippen LogP contribution in [0.15, 0.2) is 42.5 Å². The molecule has 2 aromatic carbocycles. The molecule has 0 bridgehead atoms. The maximum Gasteiger partial charge on any atom is 0.226 e. The van der Waals surface area contributed by atoms with Crippen LogP contribution in [0.3, 0.4) is 0 Å². The molecule has 0 saturated heterocycles. The molecule has 4 nitrogen and oxygen atoms in total. The van der Waals surface area contributed by atoms with Gasteiger partial charge in [-0.2, -0.15) is 0 Å². The third kappa shape index (κ3) is 4.39. The Morgan fingerprint density at radius 1 is 1.20 bits per heavy atom. The average Bonchev–Trinajstić information content (AvgIpc) is 2.64. The lowest BCUT2D eigenvalue weighted by atomic mass is 9.86. The van der Waals surface area contributed by atoms with Gasteiger partial charge in [-0.3, -0.25) is 4.79 Å². The highest BCUT2D eigenvalue weighted by atomic mass is 16.5. The number of aliphatic hydroxyl groups is 1. The zero-order chi connectivity index (χ0) is 17.6. The van der Waals surface area contributed by atoms with Crippen LogP contribution in [-0.2, 0) is 16.1 Å². The van der Waals surface area contributed by atoms with Crippen LogP contribution in [0, 0.1) is 5.92 Å². The smallest absolute Gasteiger partial charge is 0.226 e. The second-order valence-corrected chi connectivity index (χ2v) is 6.91. The fourth-order valence-electron chi connectivity index (χ4n) is 3.75. The average molecular weight is 341 g/mol. The van der Waals surface area contributed by atoms with E-state index >= 15 is 0 Å². The quantitative estimate of drug-likeness (QED) is 0.876. The number of aliphatic hydroxyl groups excluding tert-OH is 1. The molecule has 1 aliphatic carbocycles. The van der Waals surface area contributed by atoms with Crippen LogP contribution in [0.4, 0.5) is 0 Å². The topological polar surface area (TPSA) is 49.8 Å². The van der Waals surface area contributed by atoms with Crippen LogP contribution in [0.2, 0.25) is 0 Å². The maximum absolute atomic E-state index is 13.0. The van der Waals surface area contributed by atoms with Crippen LogP contribution >= 0.6 is 0 Å². The van der Waals surface area contributed by atoms with Gasteiger partial charge < -0.3 is 14.7 Å². The molecule has 0 aromatic heterocycles. The molecule has 3 rings (SSSR count). The van der Waals surface area contributed by atoms with Crippen molar-refractivity contribution < 1.29 is 14.6 Å². The Labute approximate surface area is 149 Å². The van der Waals surface area contributed by atoms with Crippen LogP contribution < -0.4 is 0 Å². The zero-order valence-corrected chi connectivity index (χ0v) is 14.9. The van der Waals surface area contributed by atoms with Gasteiger partial charge in [-0.1, -0.05) is 48.9 Å². The number of carbonyl (C=O) groups is 1. The van der Waals surface area contributed by atoms with Crippen LogP contribution in [0.1, 0.15) is 31.2 Å². The van der Waals surface area contributed by atoms with E-state index in [0.717, 1.165) is 24.8 Å². The molecule has 4 heteroatoms. The third-order valence-electron chi connectivity index (χ3n) is 5.11. The first kappa shape index (κ1) is 17.9. The number of carbonyl (C=O) groups excluding carboxylic acids is 1. The van der Waals surface area contributed by atoms with Gasteiger partial charge in [-0.25, -0.2) is 0 Å². The SMILES string of the molecule is COCCN(Cc1cccc2ccccc12)C(=O)[C@H]1CCC[C@@H](O)C1. The van der Waals surface area contributed by atoms with Gasteiger partial charge in [0.1, 0.15) is 0 Å². The summed E-state index contributed by atoms with van der Waals surface area (Å²) in [7, 11) is 1.66. The zero-order valence-electron chi connectivity index (χ0n) is 14.9. The van der Waals surface area contributed by atoms with Crippen molar-refractivity contribution in [2.45, 2.75) is 38.3 Å². The van der Waals surface area contributed by atoms with E-state index in [9.17, 15) is 9.90 Å². The minimum atomic E-state index is -0.343. The summed E-state index contributed by atoms with van der Waals surface area (Å²) in [6, 6.07) is 14.5. The molecule has 1 N–H and O–H groups in total. The van der Waals surface area contributed by atoms with Gasteiger partial charge in [0.2, 0.25) is 5.91 Å². The third-order valence-corrected chi connectivity index (χ3v) is 5.11. The number of benzene rings is 2. The lowest BCUT2D eigenvalue weighted by molar-refractivity contribution is -0.139. The van der Waals surface area contributed by atoms with E-state index < -0.39 is 0 Å². The summed E-state index contributed by atoms with van der Waals surface area (Å²) >= 11 is 0. The van der Waals surface area contributed by atoms with Crippen molar-refractivity contribution >= 4 is 16.7 Å². The monoisotopic (exact) mass is 341 g/mol. The molecule has 0 heterocycles. The van der Waals surface area contributed by atoms with E-state index in [4.69, 9.17) is 4.74 Å². The number of amides is 1. The number of fused-ring (bicyclic) bond motifs is 1. The molecule has 1 aliphatic rings. The van der Waals surface area contributed by atoms with E-state index in [1.165, 1.54) is 10.8 Å². The molecule has 0 radical (unpaired) electrons. The molecule has 0 spiro atoms. The van der Waals surface area contributed by atoms with Crippen molar-refractivity contribution in [2.75, 3.05) is 20.3 Å². The van der Waals surface area contributed by atoms with Crippen molar-refractivity contribution in [1.29, 1.82) is 0 Å². The number of hydrogen-bond donors (Lipinski definition) is 1. The van der Waals surface area contributed by atoms with Crippen molar-refractivity contribution in [3.8, 4) is 0 Å². The lowest BCUT2D eigenvalue weighted by Gasteiger charge is -2.31. The fourth-order valence-corrected chi connectivity index (χ4v) is 3.75. The van der Waals surface area contributed by atoms with Crippen molar-refractivity contribution in [1.82, 2.24) is 4.90 Å². The molecule has 0 unspecified atom stereocenters. The largest absolute Gasteiger partial charge is 0.393 e. The summed E-state index contributed by atoms with van der Waals surface area (Å²) in [6.45, 7) is 1.67. The Hall–Kier alpha value is -1.91. The molecule has 134 valence electrons. The summed E-state index contributed by atoms with van der Waals surface area (Å²) in [5.41, 5.74) is 1.15. The molecule has 25 heavy (non-hydrogen) atoms. The minimum Gasteiger partial charge on any atom is -0.393 e. The van der Waals surface area contributed by atoms with Gasteiger partial charge in [-0.05, 0) is 35.6 Å². The Bertz CT molecular complexity index is 710. The highest BCUT2D eigenvalue weighted by molar-refractivity contribution is 5.86. The number of nitrogens with zero attached hydrogens (tertiary/aromatic N) is 1. The molecule has 1 amide bonds. The van der Waals surface area contributed by atoms with E-state index in [1.54, 1.807) is 7.11 Å². The second kappa shape index (κ2) is 8.45. The fraction of sp³-hybridized carbons (Fsp3) is 0.476. The van der Waals surface area contributed by atoms with Crippen LogP contribution in [0.25, 0.3) is 10.8 Å². The molecule has 2 aromatic rings. The number of hydrogen-bond acceptors (Lipinski definition) is 3. The van der Waals surface area contributed by atoms with E-state index in [0.29, 0.717) is 26.1 Å². The molecular formula is C21H27NO3. The molecule has 1 fully saturated rings. The van der Waals surface area contributed by atoms with Gasteiger partial charge in [0, 0.05) is 26.1 Å². The first-order chi connectivity index (χ1) is 12.2. The predicted octanol–water partition coefficient (Wildman–Crippen LogP) is 3.37. The van der Waals surface area contributed by atoms with Crippen molar-refractivity contribution in [3.05, 3.63) is 48.0 Å². The lowest BCUT2D eigenvalue weighted by Crippen LogP contribution is -2.40. The number of ether oxygens (including phenoxy) is 1. The number of methoxy groups -OCH3 is 1. The van der Waals surface area contributed by atoms with Crippen molar-refractivity contribution in [2.24, 2.45) is 5.92 Å². The summed E-state index contributed by atoms with van der Waals surface area (Å²) in [6.07, 6.45) is 2.84. The van der Waals surface area contributed by atoms with Crippen molar-refractivity contribution in [3.63, 3.8) is 0 Å². The Morgan fingerprint density at radius 2 is 2.00 bits per heavy atom. The summed E-state index contributed by atoms with van der Waals surface area (Å²) in [5, 5.41) is 12.3. The van der Waals surface area contributed by atoms with Gasteiger partial charge in [-0.15, -0.1) is 0 Å². The predicted molar refractivity (Wildman–Crippen MR) is 99.2 cm³/mol. The number of rotatable bonds is 6. The van der Waals surface area contributed by atoms with Gasteiger partial charge in [0.25, 0.3) is 0 Å². The van der Waals surface area contributed by atoms with Gasteiger partial charge >= 0.3 is 0 Å². The standard InChI is InChI=1S/C21H27NO3/c1-25-13-12-22(21(24)17-8-5-10-19(23)14-17)15-18-9-4-7-16-6-2-3-11-20(16)18/h2-4,6-7,9,11,17,19,23H,5,8,10,12-15H2,1H3/t17-,19+/m0/s1. The first-order valence-electron chi connectivity index (χ1n) is 9.11. The Kier molecular flexibility index (Phi) is 6.05. The highest BCUT2D eigenvalue weighted by Gasteiger charge is 2.29. The summed E-state index contributed by atoms with van der Waals surface area (Å²) in [5.74, 6) is 0.0688. The van der Waals surface area contributed by atoms with E-state index in [2.05, 4.69) is 24.3 Å². The molecule has 1 saturated carbocycles. The molecule has 0 aliphatic heterocycles. The molecular weight excluding hydrogens is 314 g/mol. The minimum absolute atomic E-state index is 0.0735. The van der Waals surface area contributed by atoms with E-state index in [1.807, 2.05) is 23.1 Å². The maximum atomic E-state index is 13.0.